The molecule has 0 aromatic carbocycles. The molecule has 0 spiro atoms. The van der Waals surface area contributed by atoms with Gasteiger partial charge in [-0.1, -0.05) is 13.8 Å². The van der Waals surface area contributed by atoms with Gasteiger partial charge in [-0.25, -0.2) is 0 Å². The van der Waals surface area contributed by atoms with E-state index < -0.39 is 5.41 Å². The van der Waals surface area contributed by atoms with Gasteiger partial charge in [0.15, 0.2) is 0 Å². The number of likely N-dealkylation sites (tertiary alicyclic amines) is 1. The Morgan fingerprint density at radius 1 is 1.52 bits per heavy atom. The number of rotatable bonds is 4. The molecular weight excluding hydrogens is 270 g/mol. The first-order valence-electron chi connectivity index (χ1n) is 7.39. The molecule has 1 fully saturated rings. The number of aromatic nitrogens is 2. The third kappa shape index (κ3) is 2.80. The highest BCUT2D eigenvalue weighted by atomic mass is 16.5. The van der Waals surface area contributed by atoms with Crippen molar-refractivity contribution in [1.29, 1.82) is 0 Å². The van der Waals surface area contributed by atoms with E-state index in [9.17, 15) is 9.59 Å². The van der Waals surface area contributed by atoms with Gasteiger partial charge >= 0.3 is 5.97 Å². The minimum absolute atomic E-state index is 0.121. The number of ether oxygens (including phenoxy) is 1. The largest absolute Gasteiger partial charge is 0.466 e. The molecule has 0 radical (unpaired) electrons. The summed E-state index contributed by atoms with van der Waals surface area (Å²) in [6.07, 6.45) is 0.638. The van der Waals surface area contributed by atoms with Crippen LogP contribution in [0, 0.1) is 18.3 Å². The first-order chi connectivity index (χ1) is 9.90. The van der Waals surface area contributed by atoms with Crippen molar-refractivity contribution in [2.45, 2.75) is 34.1 Å². The topological polar surface area (TPSA) is 75.3 Å². The molecule has 1 aliphatic rings. The molecule has 1 atom stereocenters. The van der Waals surface area contributed by atoms with Crippen LogP contribution in [-0.2, 0) is 9.53 Å². The summed E-state index contributed by atoms with van der Waals surface area (Å²) in [5, 5.41) is 6.77. The maximum atomic E-state index is 12.4. The Hall–Kier alpha value is -1.85. The lowest BCUT2D eigenvalue weighted by Gasteiger charge is -2.30. The Labute approximate surface area is 124 Å². The Kier molecular flexibility index (Phi) is 4.34. The second kappa shape index (κ2) is 5.87. The molecule has 6 nitrogen and oxygen atoms in total. The zero-order valence-electron chi connectivity index (χ0n) is 13.1. The van der Waals surface area contributed by atoms with E-state index in [2.05, 4.69) is 10.2 Å². The molecule has 1 aliphatic heterocycles. The first-order valence-corrected chi connectivity index (χ1v) is 7.39. The maximum Gasteiger partial charge on any atom is 0.314 e. The van der Waals surface area contributed by atoms with Gasteiger partial charge in [0.05, 0.1) is 12.0 Å². The first kappa shape index (κ1) is 15.5. The summed E-state index contributed by atoms with van der Waals surface area (Å²) in [7, 11) is 0. The fourth-order valence-electron chi connectivity index (χ4n) is 2.84. The van der Waals surface area contributed by atoms with Crippen molar-refractivity contribution in [3.63, 3.8) is 0 Å². The van der Waals surface area contributed by atoms with Crippen LogP contribution < -0.4 is 0 Å². The van der Waals surface area contributed by atoms with Crippen molar-refractivity contribution in [2.24, 2.45) is 11.3 Å². The molecule has 21 heavy (non-hydrogen) atoms. The van der Waals surface area contributed by atoms with Crippen LogP contribution in [0.2, 0.25) is 0 Å². The number of aryl methyl sites for hydroxylation is 1. The van der Waals surface area contributed by atoms with Crippen molar-refractivity contribution in [3.05, 3.63) is 17.5 Å². The number of esters is 1. The lowest BCUT2D eigenvalue weighted by Crippen LogP contribution is -2.42. The number of H-pyrrole nitrogens is 1. The molecule has 1 saturated heterocycles. The Bertz CT molecular complexity index is 538. The number of carbonyl (C=O) groups excluding carboxylic acids is 2. The van der Waals surface area contributed by atoms with Crippen LogP contribution in [0.5, 0.6) is 0 Å². The van der Waals surface area contributed by atoms with Crippen molar-refractivity contribution >= 4 is 11.9 Å². The quantitative estimate of drug-likeness (QED) is 0.858. The molecule has 6 heteroatoms. The van der Waals surface area contributed by atoms with Crippen molar-refractivity contribution < 1.29 is 14.3 Å². The SMILES string of the molecule is CCOC(=O)[C@@]1(C(C)C)CCN(C(=O)c2cc(C)[nH]n2)C1. The van der Waals surface area contributed by atoms with Crippen molar-refractivity contribution in [3.8, 4) is 0 Å². The standard InChI is InChI=1S/C15H23N3O3/c1-5-21-14(20)15(10(2)3)6-7-18(9-15)13(19)12-8-11(4)16-17-12/h8,10H,5-7,9H2,1-4H3,(H,16,17)/t15-/m0/s1. The van der Waals surface area contributed by atoms with E-state index in [0.717, 1.165) is 5.69 Å². The van der Waals surface area contributed by atoms with Gasteiger partial charge in [-0.2, -0.15) is 5.10 Å². The van der Waals surface area contributed by atoms with Crippen LogP contribution in [0.25, 0.3) is 0 Å². The van der Waals surface area contributed by atoms with Crippen molar-refractivity contribution in [2.75, 3.05) is 19.7 Å². The highest BCUT2D eigenvalue weighted by Crippen LogP contribution is 2.39. The van der Waals surface area contributed by atoms with Gasteiger partial charge in [-0.15, -0.1) is 0 Å². The number of carbonyl (C=O) groups is 2. The number of amides is 1. The minimum atomic E-state index is -0.600. The third-order valence-electron chi connectivity index (χ3n) is 4.30. The number of nitrogens with one attached hydrogen (secondary N) is 1. The second-order valence-electron chi connectivity index (χ2n) is 5.94. The Balaban J connectivity index is 2.16. The highest BCUT2D eigenvalue weighted by Gasteiger charge is 2.49. The van der Waals surface area contributed by atoms with Gasteiger partial charge < -0.3 is 9.64 Å². The fourth-order valence-corrected chi connectivity index (χ4v) is 2.84. The summed E-state index contributed by atoms with van der Waals surface area (Å²) in [6.45, 7) is 8.98. The Morgan fingerprint density at radius 3 is 2.76 bits per heavy atom. The van der Waals surface area contributed by atoms with Gasteiger partial charge in [-0.3, -0.25) is 14.7 Å². The van der Waals surface area contributed by atoms with E-state index in [4.69, 9.17) is 4.74 Å². The lowest BCUT2D eigenvalue weighted by molar-refractivity contribution is -0.157. The highest BCUT2D eigenvalue weighted by molar-refractivity contribution is 5.93. The predicted molar refractivity (Wildman–Crippen MR) is 77.7 cm³/mol. The van der Waals surface area contributed by atoms with Gasteiger partial charge in [0.1, 0.15) is 5.69 Å². The van der Waals surface area contributed by atoms with Gasteiger partial charge in [0, 0.05) is 18.8 Å². The van der Waals surface area contributed by atoms with Crippen LogP contribution >= 0.6 is 0 Å². The van der Waals surface area contributed by atoms with E-state index in [0.29, 0.717) is 31.8 Å². The number of aromatic amines is 1. The zero-order chi connectivity index (χ0) is 15.6. The summed E-state index contributed by atoms with van der Waals surface area (Å²) in [4.78, 5) is 26.5. The van der Waals surface area contributed by atoms with E-state index in [1.807, 2.05) is 20.8 Å². The predicted octanol–water partition coefficient (Wildman–Crippen LogP) is 1.77. The van der Waals surface area contributed by atoms with Crippen LogP contribution in [-0.4, -0.2) is 46.7 Å². The molecule has 116 valence electrons. The zero-order valence-corrected chi connectivity index (χ0v) is 13.1. The van der Waals surface area contributed by atoms with E-state index in [1.165, 1.54) is 0 Å². The van der Waals surface area contributed by atoms with E-state index in [-0.39, 0.29) is 17.8 Å². The molecule has 0 saturated carbocycles. The fraction of sp³-hybridized carbons (Fsp3) is 0.667. The summed E-state index contributed by atoms with van der Waals surface area (Å²) in [5.41, 5.74) is 0.644. The molecule has 2 heterocycles. The molecule has 1 aromatic heterocycles. The van der Waals surface area contributed by atoms with Crippen LogP contribution in [0.1, 0.15) is 43.4 Å². The lowest BCUT2D eigenvalue weighted by atomic mass is 9.76. The molecule has 2 rings (SSSR count). The van der Waals surface area contributed by atoms with Crippen molar-refractivity contribution in [1.82, 2.24) is 15.1 Å². The van der Waals surface area contributed by atoms with Crippen LogP contribution in [0.4, 0.5) is 0 Å². The Morgan fingerprint density at radius 2 is 2.24 bits per heavy atom. The number of nitrogens with zero attached hydrogens (tertiary/aromatic N) is 2. The molecule has 1 N–H and O–H groups in total. The van der Waals surface area contributed by atoms with Gasteiger partial charge in [0.2, 0.25) is 0 Å². The monoisotopic (exact) mass is 293 g/mol. The summed E-state index contributed by atoms with van der Waals surface area (Å²) < 4.78 is 5.23. The van der Waals surface area contributed by atoms with Crippen LogP contribution in [0.3, 0.4) is 0 Å². The minimum Gasteiger partial charge on any atom is -0.466 e. The van der Waals surface area contributed by atoms with Crippen LogP contribution in [0.15, 0.2) is 6.07 Å². The average Bonchev–Trinajstić information content (AvgIpc) is 3.05. The molecule has 0 aliphatic carbocycles. The summed E-state index contributed by atoms with van der Waals surface area (Å²) >= 11 is 0. The number of hydrogen-bond donors (Lipinski definition) is 1. The van der Waals surface area contributed by atoms with Gasteiger partial charge in [-0.05, 0) is 32.3 Å². The van der Waals surface area contributed by atoms with Gasteiger partial charge in [0.25, 0.3) is 5.91 Å². The molecular formula is C15H23N3O3. The smallest absolute Gasteiger partial charge is 0.314 e. The van der Waals surface area contributed by atoms with E-state index in [1.54, 1.807) is 17.9 Å². The molecule has 0 unspecified atom stereocenters. The molecule has 1 aromatic rings. The van der Waals surface area contributed by atoms with E-state index >= 15 is 0 Å². The maximum absolute atomic E-state index is 12.4. The summed E-state index contributed by atoms with van der Waals surface area (Å²) in [5.74, 6) is -0.213. The summed E-state index contributed by atoms with van der Waals surface area (Å²) in [6, 6.07) is 1.72. The third-order valence-corrected chi connectivity index (χ3v) is 4.30. The average molecular weight is 293 g/mol. The normalized spacial score (nSPS) is 21.9. The number of hydrogen-bond acceptors (Lipinski definition) is 4. The molecule has 1 amide bonds. The second-order valence-corrected chi connectivity index (χ2v) is 5.94. The molecule has 0 bridgehead atoms.